The summed E-state index contributed by atoms with van der Waals surface area (Å²) in [4.78, 5) is 12.3. The van der Waals surface area contributed by atoms with Crippen LogP contribution in [0.15, 0.2) is 27.9 Å². The fourth-order valence-corrected chi connectivity index (χ4v) is 2.19. The van der Waals surface area contributed by atoms with Gasteiger partial charge in [0.2, 0.25) is 0 Å². The van der Waals surface area contributed by atoms with Crippen LogP contribution in [0.3, 0.4) is 0 Å². The summed E-state index contributed by atoms with van der Waals surface area (Å²) in [5.41, 5.74) is -5.27. The summed E-state index contributed by atoms with van der Waals surface area (Å²) in [6.07, 6.45) is -5.92. The molecule has 0 saturated heterocycles. The molecule has 1 aromatic rings. The van der Waals surface area contributed by atoms with Crippen molar-refractivity contribution < 1.29 is 36.3 Å². The van der Waals surface area contributed by atoms with Gasteiger partial charge in [0.15, 0.2) is 11.5 Å². The predicted octanol–water partition coefficient (Wildman–Crippen LogP) is 3.41. The van der Waals surface area contributed by atoms with E-state index in [0.717, 1.165) is 6.26 Å². The van der Waals surface area contributed by atoms with Crippen molar-refractivity contribution in [1.82, 2.24) is 5.01 Å². The van der Waals surface area contributed by atoms with E-state index < -0.39 is 41.3 Å². The number of nitrogens with zero attached hydrogens (tertiary/aromatic N) is 2. The number of hydrogen-bond donors (Lipinski definition) is 1. The maximum atomic E-state index is 13.6. The molecule has 1 aliphatic rings. The Morgan fingerprint density at radius 2 is 1.88 bits per heavy atom. The molecule has 0 bridgehead atoms. The van der Waals surface area contributed by atoms with Crippen LogP contribution in [0.2, 0.25) is 0 Å². The van der Waals surface area contributed by atoms with E-state index in [9.17, 15) is 31.9 Å². The Hall–Kier alpha value is -1.97. The minimum atomic E-state index is -5.89. The zero-order chi connectivity index (χ0) is 18.6. The average Bonchev–Trinajstić information content (AvgIpc) is 3.03. The second-order valence-electron chi connectivity index (χ2n) is 6.46. The largest absolute Gasteiger partial charge is 0.459 e. The minimum absolute atomic E-state index is 0.237. The van der Waals surface area contributed by atoms with E-state index in [1.807, 2.05) is 0 Å². The van der Waals surface area contributed by atoms with Gasteiger partial charge in [0.1, 0.15) is 5.71 Å². The summed E-state index contributed by atoms with van der Waals surface area (Å²) in [6.45, 7) is 4.17. The van der Waals surface area contributed by atoms with Crippen LogP contribution in [0.4, 0.5) is 22.0 Å². The quantitative estimate of drug-likeness (QED) is 0.828. The molecule has 0 aliphatic carbocycles. The topological polar surface area (TPSA) is 66.0 Å². The average molecular weight is 354 g/mol. The predicted molar refractivity (Wildman–Crippen MR) is 72.3 cm³/mol. The lowest BCUT2D eigenvalue weighted by molar-refractivity contribution is -0.250. The molecule has 134 valence electrons. The number of alkyl halides is 5. The Labute approximate surface area is 133 Å². The van der Waals surface area contributed by atoms with Gasteiger partial charge in [0, 0.05) is 11.8 Å². The van der Waals surface area contributed by atoms with Gasteiger partial charge in [-0.15, -0.1) is 0 Å². The van der Waals surface area contributed by atoms with Crippen LogP contribution < -0.4 is 0 Å². The molecule has 2 heterocycles. The highest BCUT2D eigenvalue weighted by molar-refractivity contribution is 5.99. The van der Waals surface area contributed by atoms with Crippen molar-refractivity contribution >= 4 is 11.6 Å². The van der Waals surface area contributed by atoms with Crippen LogP contribution in [0.25, 0.3) is 0 Å². The van der Waals surface area contributed by atoms with Crippen LogP contribution >= 0.6 is 0 Å². The molecule has 2 rings (SSSR count). The first-order valence-corrected chi connectivity index (χ1v) is 6.85. The highest BCUT2D eigenvalue weighted by Gasteiger charge is 2.66. The maximum absolute atomic E-state index is 13.6. The number of halogens is 5. The normalized spacial score (nSPS) is 22.7. The first-order chi connectivity index (χ1) is 10.7. The van der Waals surface area contributed by atoms with Gasteiger partial charge in [-0.2, -0.15) is 32.1 Å². The van der Waals surface area contributed by atoms with Crippen molar-refractivity contribution in [3.8, 4) is 0 Å². The first kappa shape index (κ1) is 18.4. The van der Waals surface area contributed by atoms with Gasteiger partial charge in [-0.3, -0.25) is 4.79 Å². The lowest BCUT2D eigenvalue weighted by Crippen LogP contribution is -2.55. The summed E-state index contributed by atoms with van der Waals surface area (Å²) in [5, 5.41) is 14.1. The van der Waals surface area contributed by atoms with Gasteiger partial charge in [-0.05, 0) is 12.1 Å². The fourth-order valence-electron chi connectivity index (χ4n) is 2.19. The van der Waals surface area contributed by atoms with Crippen molar-refractivity contribution in [1.29, 1.82) is 0 Å². The summed E-state index contributed by atoms with van der Waals surface area (Å²) in [7, 11) is 0. The Balaban J connectivity index is 2.52. The number of aliphatic hydroxyl groups is 1. The summed E-state index contributed by atoms with van der Waals surface area (Å²) < 4.78 is 69.9. The van der Waals surface area contributed by atoms with E-state index in [1.165, 1.54) is 32.9 Å². The molecule has 0 spiro atoms. The van der Waals surface area contributed by atoms with E-state index >= 15 is 0 Å². The van der Waals surface area contributed by atoms with Crippen LogP contribution in [0.5, 0.6) is 0 Å². The second-order valence-corrected chi connectivity index (χ2v) is 6.46. The van der Waals surface area contributed by atoms with Gasteiger partial charge < -0.3 is 9.52 Å². The van der Waals surface area contributed by atoms with Crippen molar-refractivity contribution in [3.63, 3.8) is 0 Å². The molecule has 1 amide bonds. The molecule has 24 heavy (non-hydrogen) atoms. The molecule has 1 unspecified atom stereocenters. The molecule has 10 heteroatoms. The molecule has 0 aromatic carbocycles. The molecule has 1 aliphatic heterocycles. The van der Waals surface area contributed by atoms with E-state index in [1.54, 1.807) is 0 Å². The number of carbonyl (C=O) groups excluding carboxylic acids is 1. The lowest BCUT2D eigenvalue weighted by Gasteiger charge is -2.41. The third-order valence-corrected chi connectivity index (χ3v) is 3.83. The number of hydrogen-bond acceptors (Lipinski definition) is 4. The summed E-state index contributed by atoms with van der Waals surface area (Å²) in [6, 6.07) is 2.51. The van der Waals surface area contributed by atoms with E-state index in [-0.39, 0.29) is 10.8 Å². The lowest BCUT2D eigenvalue weighted by atomic mass is 9.79. The van der Waals surface area contributed by atoms with Crippen LogP contribution in [-0.2, 0) is 0 Å². The van der Waals surface area contributed by atoms with Gasteiger partial charge >= 0.3 is 18.0 Å². The number of rotatable bonds is 2. The molecular weight excluding hydrogens is 339 g/mol. The minimum Gasteiger partial charge on any atom is -0.459 e. The standard InChI is InChI=1S/C14H15F5N2O3/c1-11(2,3)12(23)7-9(13(15,16)14(17,18)19)20-21(12)10(22)8-5-4-6-24-8/h4-6,23H,7H2,1-3H3. The van der Waals surface area contributed by atoms with Crippen molar-refractivity contribution in [3.05, 3.63) is 24.2 Å². The number of amides is 1. The first-order valence-electron chi connectivity index (χ1n) is 6.85. The molecule has 0 saturated carbocycles. The van der Waals surface area contributed by atoms with Gasteiger partial charge in [-0.1, -0.05) is 20.8 Å². The third kappa shape index (κ3) is 2.68. The van der Waals surface area contributed by atoms with Crippen molar-refractivity contribution in [2.24, 2.45) is 10.5 Å². The summed E-state index contributed by atoms with van der Waals surface area (Å²) >= 11 is 0. The van der Waals surface area contributed by atoms with Crippen LogP contribution in [-0.4, -0.2) is 39.6 Å². The smallest absolute Gasteiger partial charge is 0.459 e. The van der Waals surface area contributed by atoms with Crippen LogP contribution in [0, 0.1) is 5.41 Å². The Morgan fingerprint density at radius 1 is 1.29 bits per heavy atom. The van der Waals surface area contributed by atoms with Gasteiger partial charge in [-0.25, -0.2) is 0 Å². The van der Waals surface area contributed by atoms with Crippen molar-refractivity contribution in [2.75, 3.05) is 0 Å². The van der Waals surface area contributed by atoms with E-state index in [0.29, 0.717) is 0 Å². The van der Waals surface area contributed by atoms with Crippen molar-refractivity contribution in [2.45, 2.75) is 45.0 Å². The van der Waals surface area contributed by atoms with Gasteiger partial charge in [0.25, 0.3) is 0 Å². The second kappa shape index (κ2) is 5.27. The zero-order valence-electron chi connectivity index (χ0n) is 13.0. The molecule has 1 aromatic heterocycles. The third-order valence-electron chi connectivity index (χ3n) is 3.83. The molecule has 1 atom stereocenters. The monoisotopic (exact) mass is 354 g/mol. The molecule has 0 radical (unpaired) electrons. The number of hydrazone groups is 1. The molecule has 5 nitrogen and oxygen atoms in total. The highest BCUT2D eigenvalue weighted by atomic mass is 19.4. The molecular formula is C14H15F5N2O3. The Kier molecular flexibility index (Phi) is 4.03. The van der Waals surface area contributed by atoms with Crippen LogP contribution in [0.1, 0.15) is 37.7 Å². The number of furan rings is 1. The van der Waals surface area contributed by atoms with E-state index in [2.05, 4.69) is 5.10 Å². The van der Waals surface area contributed by atoms with E-state index in [4.69, 9.17) is 4.42 Å². The van der Waals surface area contributed by atoms with Gasteiger partial charge in [0.05, 0.1) is 6.26 Å². The maximum Gasteiger partial charge on any atom is 0.459 e. The molecule has 1 N–H and O–H groups in total. The highest BCUT2D eigenvalue weighted by Crippen LogP contribution is 2.47. The fraction of sp³-hybridized carbons (Fsp3) is 0.571. The number of carbonyl (C=O) groups is 1. The molecule has 0 fully saturated rings. The Morgan fingerprint density at radius 3 is 2.29 bits per heavy atom. The zero-order valence-corrected chi connectivity index (χ0v) is 13.0. The Bertz CT molecular complexity index is 661. The summed E-state index contributed by atoms with van der Waals surface area (Å²) in [5.74, 6) is -6.74. The SMILES string of the molecule is CC(C)(C)C1(O)CC(C(F)(F)C(F)(F)F)=NN1C(=O)c1ccco1.